The van der Waals surface area contributed by atoms with Crippen molar-refractivity contribution < 1.29 is 4.74 Å². The van der Waals surface area contributed by atoms with Crippen LogP contribution in [0.25, 0.3) is 0 Å². The highest BCUT2D eigenvalue weighted by atomic mass is 35.7. The molecule has 0 saturated heterocycles. The molecule has 3 heteroatoms. The molecular weight excluding hydrogens is 144 g/mol. The second-order valence-corrected chi connectivity index (χ2v) is 3.25. The number of hydrogen-bond donors (Lipinski definition) is 0. The van der Waals surface area contributed by atoms with Crippen LogP contribution >= 0.6 is 21.7 Å². The zero-order chi connectivity index (χ0) is 6.62. The quantitative estimate of drug-likeness (QED) is 0.578. The van der Waals surface area contributed by atoms with Crippen molar-refractivity contribution in [3.8, 4) is 0 Å². The number of halogens is 1. The van der Waals surface area contributed by atoms with E-state index in [-0.39, 0.29) is 4.93 Å². The van der Waals surface area contributed by atoms with Crippen molar-refractivity contribution in [1.29, 1.82) is 0 Å². The van der Waals surface area contributed by atoms with Gasteiger partial charge in [-0.15, -0.1) is 0 Å². The molecule has 1 nitrogen and oxygen atoms in total. The molecule has 1 atom stereocenters. The SMILES string of the molecule is CCC(C)(OC)SCl. The van der Waals surface area contributed by atoms with Crippen LogP contribution in [-0.2, 0) is 4.74 Å². The van der Waals surface area contributed by atoms with Crippen LogP contribution in [-0.4, -0.2) is 12.0 Å². The molecule has 0 N–H and O–H groups in total. The molecule has 50 valence electrons. The lowest BCUT2D eigenvalue weighted by Gasteiger charge is -2.21. The summed E-state index contributed by atoms with van der Waals surface area (Å²) in [5.74, 6) is 0. The molecular formula is C5H11ClOS. The number of methoxy groups -OCH3 is 1. The molecule has 0 aromatic carbocycles. The minimum Gasteiger partial charge on any atom is -0.367 e. The molecule has 8 heavy (non-hydrogen) atoms. The van der Waals surface area contributed by atoms with Gasteiger partial charge in [-0.1, -0.05) is 6.92 Å². The van der Waals surface area contributed by atoms with E-state index in [0.29, 0.717) is 0 Å². The van der Waals surface area contributed by atoms with E-state index >= 15 is 0 Å². The van der Waals surface area contributed by atoms with Gasteiger partial charge in [0.1, 0.15) is 4.93 Å². The molecule has 0 fully saturated rings. The van der Waals surface area contributed by atoms with Crippen LogP contribution in [0.1, 0.15) is 20.3 Å². The summed E-state index contributed by atoms with van der Waals surface area (Å²) >= 11 is 0. The third-order valence-corrected chi connectivity index (χ3v) is 3.00. The summed E-state index contributed by atoms with van der Waals surface area (Å²) < 4.78 is 5.07. The third-order valence-electron chi connectivity index (χ3n) is 1.24. The largest absolute Gasteiger partial charge is 0.367 e. The predicted molar refractivity (Wildman–Crippen MR) is 39.1 cm³/mol. The molecule has 0 aromatic heterocycles. The van der Waals surface area contributed by atoms with Crippen LogP contribution in [0, 0.1) is 0 Å². The van der Waals surface area contributed by atoms with Crippen molar-refractivity contribution >= 4 is 21.7 Å². The maximum atomic E-state index is 5.50. The summed E-state index contributed by atoms with van der Waals surface area (Å²) in [5.41, 5.74) is 0. The van der Waals surface area contributed by atoms with Crippen LogP contribution in [0.2, 0.25) is 0 Å². The van der Waals surface area contributed by atoms with Crippen LogP contribution in [0.3, 0.4) is 0 Å². The van der Waals surface area contributed by atoms with E-state index < -0.39 is 0 Å². The van der Waals surface area contributed by atoms with Crippen LogP contribution in [0.15, 0.2) is 0 Å². The fourth-order valence-corrected chi connectivity index (χ4v) is 0.919. The minimum atomic E-state index is -0.193. The van der Waals surface area contributed by atoms with E-state index in [4.69, 9.17) is 15.4 Å². The summed E-state index contributed by atoms with van der Waals surface area (Å²) in [6.45, 7) is 4.00. The van der Waals surface area contributed by atoms with Crippen molar-refractivity contribution in [1.82, 2.24) is 0 Å². The van der Waals surface area contributed by atoms with Gasteiger partial charge in [-0.05, 0) is 35.0 Å². The Morgan fingerprint density at radius 3 is 2.25 bits per heavy atom. The lowest BCUT2D eigenvalue weighted by Crippen LogP contribution is -2.18. The maximum Gasteiger partial charge on any atom is 0.124 e. The normalized spacial score (nSPS) is 18.0. The molecule has 0 spiro atoms. The van der Waals surface area contributed by atoms with Gasteiger partial charge in [-0.25, -0.2) is 0 Å². The lowest BCUT2D eigenvalue weighted by atomic mass is 10.3. The molecule has 0 heterocycles. The molecule has 0 radical (unpaired) electrons. The van der Waals surface area contributed by atoms with E-state index in [0.717, 1.165) is 6.42 Å². The topological polar surface area (TPSA) is 9.23 Å². The standard InChI is InChI=1S/C5H11ClOS/c1-4-5(2,7-3)8-6/h4H2,1-3H3. The zero-order valence-corrected chi connectivity index (χ0v) is 6.97. The number of hydrogen-bond acceptors (Lipinski definition) is 2. The monoisotopic (exact) mass is 154 g/mol. The molecule has 0 aromatic rings. The molecule has 0 saturated carbocycles. The molecule has 0 aliphatic heterocycles. The first-order valence-corrected chi connectivity index (χ1v) is 4.17. The second-order valence-electron chi connectivity index (χ2n) is 1.77. The van der Waals surface area contributed by atoms with Crippen molar-refractivity contribution in [3.63, 3.8) is 0 Å². The molecule has 0 aliphatic rings. The van der Waals surface area contributed by atoms with Gasteiger partial charge in [0.25, 0.3) is 0 Å². The van der Waals surface area contributed by atoms with Gasteiger partial charge in [0.05, 0.1) is 0 Å². The van der Waals surface area contributed by atoms with E-state index in [1.807, 2.05) is 13.8 Å². The first-order chi connectivity index (χ1) is 3.68. The number of ether oxygens (including phenoxy) is 1. The van der Waals surface area contributed by atoms with Gasteiger partial charge in [0.15, 0.2) is 0 Å². The Hall–Kier alpha value is 0.600. The van der Waals surface area contributed by atoms with Crippen LogP contribution in [0.4, 0.5) is 0 Å². The van der Waals surface area contributed by atoms with E-state index in [9.17, 15) is 0 Å². The Bertz CT molecular complexity index is 55.2. The van der Waals surface area contributed by atoms with Crippen molar-refractivity contribution in [2.45, 2.75) is 25.2 Å². The highest BCUT2D eigenvalue weighted by Crippen LogP contribution is 2.31. The van der Waals surface area contributed by atoms with Crippen molar-refractivity contribution in [3.05, 3.63) is 0 Å². The third kappa shape index (κ3) is 2.25. The van der Waals surface area contributed by atoms with Gasteiger partial charge in [0, 0.05) is 7.11 Å². The summed E-state index contributed by atoms with van der Waals surface area (Å²) in [7, 11) is 8.39. The Morgan fingerprint density at radius 2 is 2.25 bits per heavy atom. The molecule has 1 unspecified atom stereocenters. The van der Waals surface area contributed by atoms with Gasteiger partial charge in [-0.3, -0.25) is 0 Å². The highest BCUT2D eigenvalue weighted by Gasteiger charge is 2.19. The van der Waals surface area contributed by atoms with Crippen LogP contribution < -0.4 is 0 Å². The number of rotatable bonds is 3. The molecule has 0 aliphatic carbocycles. The zero-order valence-electron chi connectivity index (χ0n) is 5.40. The fraction of sp³-hybridized carbons (Fsp3) is 1.00. The van der Waals surface area contributed by atoms with Gasteiger partial charge in [-0.2, -0.15) is 0 Å². The Morgan fingerprint density at radius 1 is 1.75 bits per heavy atom. The molecule has 0 amide bonds. The summed E-state index contributed by atoms with van der Waals surface area (Å²) in [5, 5.41) is 0. The first-order valence-electron chi connectivity index (χ1n) is 2.53. The lowest BCUT2D eigenvalue weighted by molar-refractivity contribution is 0.0853. The first kappa shape index (κ1) is 8.60. The Kier molecular flexibility index (Phi) is 3.86. The van der Waals surface area contributed by atoms with Crippen molar-refractivity contribution in [2.75, 3.05) is 7.11 Å². The highest BCUT2D eigenvalue weighted by molar-refractivity contribution is 8.22. The fourth-order valence-electron chi connectivity index (χ4n) is 0.230. The predicted octanol–water partition coefficient (Wildman–Crippen LogP) is 2.65. The van der Waals surface area contributed by atoms with E-state index in [1.54, 1.807) is 7.11 Å². The van der Waals surface area contributed by atoms with Gasteiger partial charge in [0.2, 0.25) is 0 Å². The Balaban J connectivity index is 3.58. The Labute approximate surface area is 59.2 Å². The maximum absolute atomic E-state index is 5.50. The van der Waals surface area contributed by atoms with E-state index in [1.165, 1.54) is 11.0 Å². The minimum absolute atomic E-state index is 0.193. The smallest absolute Gasteiger partial charge is 0.124 e. The molecule has 0 rings (SSSR count). The van der Waals surface area contributed by atoms with Gasteiger partial charge < -0.3 is 4.74 Å². The summed E-state index contributed by atoms with van der Waals surface area (Å²) in [6.07, 6.45) is 0.928. The molecule has 0 bridgehead atoms. The average Bonchev–Trinajstić information content (AvgIpc) is 1.87. The van der Waals surface area contributed by atoms with Gasteiger partial charge >= 0.3 is 0 Å². The summed E-state index contributed by atoms with van der Waals surface area (Å²) in [4.78, 5) is -0.193. The van der Waals surface area contributed by atoms with Crippen LogP contribution in [0.5, 0.6) is 0 Å². The second kappa shape index (κ2) is 3.59. The van der Waals surface area contributed by atoms with Crippen molar-refractivity contribution in [2.24, 2.45) is 0 Å². The van der Waals surface area contributed by atoms with E-state index in [2.05, 4.69) is 0 Å². The summed E-state index contributed by atoms with van der Waals surface area (Å²) in [6, 6.07) is 0. The average molecular weight is 155 g/mol.